The molecule has 2 heterocycles. The molecule has 2 aromatic heterocycles. The Morgan fingerprint density at radius 3 is 2.88 bits per heavy atom. The predicted molar refractivity (Wildman–Crippen MR) is 66.6 cm³/mol. The number of rotatable bonds is 3. The molecule has 2 rings (SSSR count). The van der Waals surface area contributed by atoms with E-state index in [2.05, 4.69) is 31.6 Å². The van der Waals surface area contributed by atoms with Gasteiger partial charge in [-0.05, 0) is 41.2 Å². The van der Waals surface area contributed by atoms with E-state index in [-0.39, 0.29) is 11.7 Å². The monoisotopic (exact) mass is 316 g/mol. The summed E-state index contributed by atoms with van der Waals surface area (Å²) in [6.07, 6.45) is 1.86. The molecule has 0 spiro atoms. The van der Waals surface area contributed by atoms with Crippen molar-refractivity contribution in [3.63, 3.8) is 0 Å². The summed E-state index contributed by atoms with van der Waals surface area (Å²) in [5, 5.41) is 8.40. The summed E-state index contributed by atoms with van der Waals surface area (Å²) >= 11 is 4.53. The van der Waals surface area contributed by atoms with Crippen molar-refractivity contribution in [1.82, 2.24) is 14.9 Å². The Hall–Kier alpha value is -1.28. The van der Waals surface area contributed by atoms with Crippen LogP contribution >= 0.6 is 27.7 Å². The van der Waals surface area contributed by atoms with E-state index < -0.39 is 0 Å². The van der Waals surface area contributed by atoms with Gasteiger partial charge in [0.15, 0.2) is 10.4 Å². The quantitative estimate of drug-likeness (QED) is 0.877. The molecule has 17 heavy (non-hydrogen) atoms. The number of carbonyl (C=O) groups excluding carboxylic acids is 1. The summed E-state index contributed by atoms with van der Waals surface area (Å²) < 4.78 is 7.18. The normalized spacial score (nSPS) is 10.5. The van der Waals surface area contributed by atoms with Crippen molar-refractivity contribution in [2.24, 2.45) is 0 Å². The fourth-order valence-electron chi connectivity index (χ4n) is 1.20. The number of amides is 1. The van der Waals surface area contributed by atoms with Gasteiger partial charge in [0, 0.05) is 0 Å². The summed E-state index contributed by atoms with van der Waals surface area (Å²) in [5.74, 6) is 0.472. The Morgan fingerprint density at radius 2 is 2.29 bits per heavy atom. The lowest BCUT2D eigenvalue weighted by Gasteiger charge is -2.07. The minimum Gasteiger partial charge on any atom is -0.444 e. The molecule has 8 heteroatoms. The van der Waals surface area contributed by atoms with Crippen molar-refractivity contribution < 1.29 is 9.21 Å². The maximum atomic E-state index is 11.8. The van der Waals surface area contributed by atoms with Gasteiger partial charge in [0.1, 0.15) is 5.82 Å². The highest BCUT2D eigenvalue weighted by atomic mass is 79.9. The van der Waals surface area contributed by atoms with Crippen LogP contribution in [0.1, 0.15) is 16.4 Å². The molecule has 0 saturated carbocycles. The van der Waals surface area contributed by atoms with Crippen LogP contribution in [0.4, 0.5) is 0 Å². The van der Waals surface area contributed by atoms with Gasteiger partial charge in [-0.2, -0.15) is 0 Å². The second kappa shape index (κ2) is 4.92. The van der Waals surface area contributed by atoms with Crippen molar-refractivity contribution in [1.29, 1.82) is 0 Å². The Morgan fingerprint density at radius 1 is 1.53 bits per heavy atom. The number of aryl methyl sites for hydroxylation is 1. The molecule has 0 bridgehead atoms. The average Bonchev–Trinajstić information content (AvgIpc) is 2.87. The van der Waals surface area contributed by atoms with Gasteiger partial charge in [0.2, 0.25) is 5.16 Å². The average molecular weight is 317 g/mol. The summed E-state index contributed by atoms with van der Waals surface area (Å²) in [6, 6.07) is 3.24. The molecular formula is C9H9BrN4O2S. The van der Waals surface area contributed by atoms with Crippen LogP contribution < -0.4 is 5.43 Å². The molecule has 6 nitrogen and oxygen atoms in total. The first-order chi connectivity index (χ1) is 8.11. The standard InChI is InChI=1S/C9H9BrN4O2S/c1-5-11-12-9(17-2)14(5)13-8(15)6-3-4-7(10)16-6/h3-4H,1-2H3,(H,13,15). The Labute approximate surface area is 110 Å². The highest BCUT2D eigenvalue weighted by Crippen LogP contribution is 2.15. The van der Waals surface area contributed by atoms with Gasteiger partial charge in [-0.3, -0.25) is 10.2 Å². The number of hydrogen-bond acceptors (Lipinski definition) is 5. The van der Waals surface area contributed by atoms with Crippen LogP contribution in [0.25, 0.3) is 0 Å². The zero-order valence-corrected chi connectivity index (χ0v) is 11.5. The van der Waals surface area contributed by atoms with Gasteiger partial charge >= 0.3 is 5.91 Å². The van der Waals surface area contributed by atoms with Crippen LogP contribution in [-0.2, 0) is 0 Å². The molecule has 1 amide bonds. The molecule has 1 N–H and O–H groups in total. The molecule has 0 aliphatic carbocycles. The third-order valence-electron chi connectivity index (χ3n) is 1.99. The van der Waals surface area contributed by atoms with Gasteiger partial charge in [-0.1, -0.05) is 11.8 Å². The van der Waals surface area contributed by atoms with Crippen molar-refractivity contribution in [3.05, 3.63) is 28.4 Å². The first kappa shape index (κ1) is 12.2. The van der Waals surface area contributed by atoms with Crippen molar-refractivity contribution in [2.45, 2.75) is 12.1 Å². The summed E-state index contributed by atoms with van der Waals surface area (Å²) in [6.45, 7) is 1.76. The van der Waals surface area contributed by atoms with Crippen LogP contribution in [0.5, 0.6) is 0 Å². The fraction of sp³-hybridized carbons (Fsp3) is 0.222. The van der Waals surface area contributed by atoms with Gasteiger partial charge in [0.25, 0.3) is 0 Å². The number of aromatic nitrogens is 3. The van der Waals surface area contributed by atoms with Crippen molar-refractivity contribution >= 4 is 33.6 Å². The minimum absolute atomic E-state index is 0.219. The Balaban J connectivity index is 2.21. The van der Waals surface area contributed by atoms with Gasteiger partial charge in [-0.25, -0.2) is 4.68 Å². The number of nitrogens with one attached hydrogen (secondary N) is 1. The third kappa shape index (κ3) is 2.52. The SMILES string of the molecule is CSc1nnc(C)n1NC(=O)c1ccc(Br)o1. The van der Waals surface area contributed by atoms with Crippen molar-refractivity contribution in [3.8, 4) is 0 Å². The Kier molecular flexibility index (Phi) is 3.53. The molecule has 2 aromatic rings. The van der Waals surface area contributed by atoms with Crippen LogP contribution in [0, 0.1) is 6.92 Å². The number of hydrogen-bond donors (Lipinski definition) is 1. The smallest absolute Gasteiger partial charge is 0.305 e. The first-order valence-electron chi connectivity index (χ1n) is 4.64. The van der Waals surface area contributed by atoms with Crippen LogP contribution in [0.3, 0.4) is 0 Å². The molecule has 0 unspecified atom stereocenters. The van der Waals surface area contributed by atoms with E-state index in [1.54, 1.807) is 19.1 Å². The van der Waals surface area contributed by atoms with E-state index in [0.29, 0.717) is 15.7 Å². The zero-order chi connectivity index (χ0) is 12.4. The van der Waals surface area contributed by atoms with E-state index in [1.165, 1.54) is 16.4 Å². The second-order valence-electron chi connectivity index (χ2n) is 3.11. The molecule has 0 aromatic carbocycles. The number of carbonyl (C=O) groups is 1. The molecule has 90 valence electrons. The van der Waals surface area contributed by atoms with E-state index >= 15 is 0 Å². The van der Waals surface area contributed by atoms with Gasteiger partial charge < -0.3 is 4.42 Å². The predicted octanol–water partition coefficient (Wildman–Crippen LogP) is 2.05. The maximum Gasteiger partial charge on any atom is 0.305 e. The van der Waals surface area contributed by atoms with Gasteiger partial charge in [0.05, 0.1) is 0 Å². The number of halogens is 1. The van der Waals surface area contributed by atoms with E-state index in [0.717, 1.165) is 0 Å². The lowest BCUT2D eigenvalue weighted by atomic mass is 10.4. The molecule has 0 aliphatic rings. The molecule has 0 atom stereocenters. The molecule has 0 saturated heterocycles. The van der Waals surface area contributed by atoms with Crippen LogP contribution in [0.15, 0.2) is 26.4 Å². The second-order valence-corrected chi connectivity index (χ2v) is 4.67. The summed E-state index contributed by atoms with van der Waals surface area (Å²) in [4.78, 5) is 11.8. The first-order valence-corrected chi connectivity index (χ1v) is 6.66. The highest BCUT2D eigenvalue weighted by molar-refractivity contribution is 9.10. The number of nitrogens with zero attached hydrogens (tertiary/aromatic N) is 3. The lowest BCUT2D eigenvalue weighted by Crippen LogP contribution is -2.24. The molecule has 0 radical (unpaired) electrons. The number of furan rings is 1. The molecular weight excluding hydrogens is 308 g/mol. The van der Waals surface area contributed by atoms with Crippen LogP contribution in [0.2, 0.25) is 0 Å². The molecule has 0 fully saturated rings. The van der Waals surface area contributed by atoms with Crippen molar-refractivity contribution in [2.75, 3.05) is 11.7 Å². The summed E-state index contributed by atoms with van der Waals surface area (Å²) in [7, 11) is 0. The number of thioether (sulfide) groups is 1. The van der Waals surface area contributed by atoms with E-state index in [9.17, 15) is 4.79 Å². The van der Waals surface area contributed by atoms with E-state index in [1.807, 2.05) is 6.26 Å². The molecule has 0 aliphatic heterocycles. The summed E-state index contributed by atoms with van der Waals surface area (Å²) in [5.41, 5.74) is 2.66. The van der Waals surface area contributed by atoms with Gasteiger partial charge in [-0.15, -0.1) is 10.2 Å². The lowest BCUT2D eigenvalue weighted by molar-refractivity contribution is 0.0978. The van der Waals surface area contributed by atoms with E-state index in [4.69, 9.17) is 4.42 Å². The minimum atomic E-state index is -0.353. The third-order valence-corrected chi connectivity index (χ3v) is 3.04. The van der Waals surface area contributed by atoms with Crippen LogP contribution in [-0.4, -0.2) is 27.0 Å². The Bertz CT molecular complexity index is 551. The maximum absolute atomic E-state index is 11.8. The highest BCUT2D eigenvalue weighted by Gasteiger charge is 2.14. The largest absolute Gasteiger partial charge is 0.444 e. The topological polar surface area (TPSA) is 73.0 Å². The zero-order valence-electron chi connectivity index (χ0n) is 9.10. The fourth-order valence-corrected chi connectivity index (χ4v) is 1.99.